The van der Waals surface area contributed by atoms with E-state index < -0.39 is 0 Å². The first kappa shape index (κ1) is 26.7. The van der Waals surface area contributed by atoms with Crippen LogP contribution in [0.25, 0.3) is 0 Å². The number of aryl methyl sites for hydroxylation is 1. The lowest BCUT2D eigenvalue weighted by molar-refractivity contribution is -0.143. The number of carbonyl (C=O) groups excluding carboxylic acids is 3. The van der Waals surface area contributed by atoms with Crippen molar-refractivity contribution in [2.45, 2.75) is 66.2 Å². The molecule has 2 heterocycles. The number of carbonyl (C=O) groups is 3. The zero-order chi connectivity index (χ0) is 26.5. The molecule has 0 aliphatic rings. The third-order valence-electron chi connectivity index (χ3n) is 5.80. The third-order valence-corrected chi connectivity index (χ3v) is 5.80. The predicted octanol–water partition coefficient (Wildman–Crippen LogP) is 4.85. The number of ether oxygens (including phenoxy) is 1. The molecule has 2 aromatic heterocycles. The lowest BCUT2D eigenvalue weighted by Crippen LogP contribution is -2.15. The van der Waals surface area contributed by atoms with E-state index in [0.717, 1.165) is 22.4 Å². The number of rotatable bonds is 9. The van der Waals surface area contributed by atoms with Gasteiger partial charge >= 0.3 is 5.97 Å². The summed E-state index contributed by atoms with van der Waals surface area (Å²) < 4.78 is 10.3. The summed E-state index contributed by atoms with van der Waals surface area (Å²) in [6, 6.07) is 8.80. The van der Waals surface area contributed by atoms with Crippen LogP contribution in [0.4, 0.5) is 11.5 Å². The van der Waals surface area contributed by atoms with Gasteiger partial charge in [0.1, 0.15) is 11.5 Å². The van der Waals surface area contributed by atoms with Crippen molar-refractivity contribution in [2.24, 2.45) is 0 Å². The highest BCUT2D eigenvalue weighted by Crippen LogP contribution is 2.25. The molecule has 0 saturated heterocycles. The van der Waals surface area contributed by atoms with Gasteiger partial charge in [-0.2, -0.15) is 0 Å². The number of aromatic amines is 1. The van der Waals surface area contributed by atoms with Gasteiger partial charge in [0.05, 0.1) is 13.0 Å². The van der Waals surface area contributed by atoms with E-state index >= 15 is 0 Å². The van der Waals surface area contributed by atoms with E-state index in [1.165, 1.54) is 0 Å². The van der Waals surface area contributed by atoms with Crippen molar-refractivity contribution >= 4 is 29.3 Å². The minimum atomic E-state index is -0.274. The SMILES string of the molecule is CCOC(=O)CCc1c(C)[nH]c(C(=O)Nc2ccc(CC(=O)Nc3cc(C(C)(C)C)on3)cc2)c1C. The second kappa shape index (κ2) is 11.2. The number of amides is 2. The monoisotopic (exact) mass is 494 g/mol. The molecule has 36 heavy (non-hydrogen) atoms. The van der Waals surface area contributed by atoms with Crippen LogP contribution in [0.5, 0.6) is 0 Å². The van der Waals surface area contributed by atoms with Crippen LogP contribution in [-0.2, 0) is 32.6 Å². The highest BCUT2D eigenvalue weighted by atomic mass is 16.5. The topological polar surface area (TPSA) is 126 Å². The molecular formula is C27H34N4O5. The van der Waals surface area contributed by atoms with E-state index in [-0.39, 0.29) is 36.0 Å². The number of hydrogen-bond acceptors (Lipinski definition) is 6. The highest BCUT2D eigenvalue weighted by molar-refractivity contribution is 6.04. The van der Waals surface area contributed by atoms with Crippen molar-refractivity contribution in [3.8, 4) is 0 Å². The Morgan fingerprint density at radius 2 is 1.78 bits per heavy atom. The molecular weight excluding hydrogens is 460 g/mol. The second-order valence-electron chi connectivity index (χ2n) is 9.74. The number of nitrogens with zero attached hydrogens (tertiary/aromatic N) is 1. The van der Waals surface area contributed by atoms with E-state index in [2.05, 4.69) is 20.8 Å². The quantitative estimate of drug-likeness (QED) is 0.365. The molecule has 0 unspecified atom stereocenters. The Hall–Kier alpha value is -3.88. The van der Waals surface area contributed by atoms with E-state index in [9.17, 15) is 14.4 Å². The molecule has 2 amide bonds. The minimum Gasteiger partial charge on any atom is -0.466 e. The molecule has 9 heteroatoms. The molecule has 0 spiro atoms. The maximum atomic E-state index is 12.9. The third kappa shape index (κ3) is 6.84. The van der Waals surface area contributed by atoms with Crippen molar-refractivity contribution in [1.82, 2.24) is 10.1 Å². The van der Waals surface area contributed by atoms with Crippen molar-refractivity contribution in [1.29, 1.82) is 0 Å². The fourth-order valence-electron chi connectivity index (χ4n) is 3.81. The number of esters is 1. The number of hydrogen-bond donors (Lipinski definition) is 3. The van der Waals surface area contributed by atoms with Gasteiger partial charge in [-0.3, -0.25) is 14.4 Å². The average Bonchev–Trinajstić information content (AvgIpc) is 3.38. The lowest BCUT2D eigenvalue weighted by Gasteiger charge is -2.12. The van der Waals surface area contributed by atoms with Crippen LogP contribution in [0.2, 0.25) is 0 Å². The largest absolute Gasteiger partial charge is 0.466 e. The summed E-state index contributed by atoms with van der Waals surface area (Å²) in [5, 5.41) is 9.52. The molecule has 3 rings (SSSR count). The first-order chi connectivity index (χ1) is 17.0. The van der Waals surface area contributed by atoms with Crippen LogP contribution in [0.1, 0.15) is 72.7 Å². The van der Waals surface area contributed by atoms with Crippen LogP contribution in [0, 0.1) is 13.8 Å². The molecule has 3 aromatic rings. The number of benzene rings is 1. The highest BCUT2D eigenvalue weighted by Gasteiger charge is 2.21. The molecule has 9 nitrogen and oxygen atoms in total. The summed E-state index contributed by atoms with van der Waals surface area (Å²) in [6.07, 6.45) is 0.922. The molecule has 3 N–H and O–H groups in total. The normalized spacial score (nSPS) is 11.3. The zero-order valence-electron chi connectivity index (χ0n) is 21.7. The molecule has 0 aliphatic heterocycles. The molecule has 1 aromatic carbocycles. The van der Waals surface area contributed by atoms with E-state index in [1.54, 1.807) is 37.3 Å². The van der Waals surface area contributed by atoms with Crippen LogP contribution in [0.15, 0.2) is 34.9 Å². The van der Waals surface area contributed by atoms with E-state index in [0.29, 0.717) is 36.0 Å². The molecule has 0 aliphatic carbocycles. The van der Waals surface area contributed by atoms with Crippen molar-refractivity contribution < 1.29 is 23.6 Å². The summed E-state index contributed by atoms with van der Waals surface area (Å²) in [4.78, 5) is 40.1. The number of nitrogens with one attached hydrogen (secondary N) is 3. The fourth-order valence-corrected chi connectivity index (χ4v) is 3.81. The van der Waals surface area contributed by atoms with Gasteiger partial charge in [-0.1, -0.05) is 38.1 Å². The molecule has 192 valence electrons. The maximum absolute atomic E-state index is 12.9. The minimum absolute atomic E-state index is 0.157. The number of H-pyrrole nitrogens is 1. The van der Waals surface area contributed by atoms with Gasteiger partial charge in [0.15, 0.2) is 5.82 Å². The van der Waals surface area contributed by atoms with Crippen LogP contribution < -0.4 is 10.6 Å². The Morgan fingerprint density at radius 1 is 1.08 bits per heavy atom. The van der Waals surface area contributed by atoms with E-state index in [1.807, 2.05) is 34.6 Å². The Labute approximate surface area is 211 Å². The smallest absolute Gasteiger partial charge is 0.306 e. The summed E-state index contributed by atoms with van der Waals surface area (Å²) in [5.74, 6) is 0.328. The van der Waals surface area contributed by atoms with Gasteiger partial charge in [0.2, 0.25) is 5.91 Å². The maximum Gasteiger partial charge on any atom is 0.306 e. The lowest BCUT2D eigenvalue weighted by atomic mass is 9.93. The average molecular weight is 495 g/mol. The molecule has 0 atom stereocenters. The van der Waals surface area contributed by atoms with Gasteiger partial charge < -0.3 is 24.9 Å². The van der Waals surface area contributed by atoms with Gasteiger partial charge in [-0.15, -0.1) is 0 Å². The van der Waals surface area contributed by atoms with Crippen LogP contribution >= 0.6 is 0 Å². The van der Waals surface area contributed by atoms with E-state index in [4.69, 9.17) is 9.26 Å². The molecule has 0 radical (unpaired) electrons. The number of anilines is 2. The Kier molecular flexibility index (Phi) is 8.34. The summed E-state index contributed by atoms with van der Waals surface area (Å²) in [5.41, 5.74) is 4.26. The van der Waals surface area contributed by atoms with Gasteiger partial charge in [-0.25, -0.2) is 0 Å². The number of aromatic nitrogens is 2. The van der Waals surface area contributed by atoms with Crippen molar-refractivity contribution in [3.63, 3.8) is 0 Å². The molecule has 0 fully saturated rings. The summed E-state index contributed by atoms with van der Waals surface area (Å²) >= 11 is 0. The van der Waals surface area contributed by atoms with Crippen LogP contribution in [-0.4, -0.2) is 34.5 Å². The standard InChI is InChI=1S/C27H34N4O5/c1-7-35-24(33)13-12-20-16(2)25(28-17(20)3)26(34)29-19-10-8-18(9-11-19)14-23(32)30-22-15-21(36-31-22)27(4,5)6/h8-11,15,28H,7,12-14H2,1-6H3,(H,29,34)(H,30,31,32). The Morgan fingerprint density at radius 3 is 2.39 bits per heavy atom. The predicted molar refractivity (Wildman–Crippen MR) is 137 cm³/mol. The Balaban J connectivity index is 1.57. The first-order valence-corrected chi connectivity index (χ1v) is 12.0. The van der Waals surface area contributed by atoms with Gasteiger partial charge in [-0.05, 0) is 56.0 Å². The van der Waals surface area contributed by atoms with Gasteiger partial charge in [0, 0.05) is 29.3 Å². The molecule has 0 bridgehead atoms. The van der Waals surface area contributed by atoms with Crippen LogP contribution in [0.3, 0.4) is 0 Å². The zero-order valence-corrected chi connectivity index (χ0v) is 21.7. The fraction of sp³-hybridized carbons (Fsp3) is 0.407. The Bertz CT molecular complexity index is 1230. The van der Waals surface area contributed by atoms with Crippen molar-refractivity contribution in [2.75, 3.05) is 17.2 Å². The summed E-state index contributed by atoms with van der Waals surface area (Å²) in [6.45, 7) is 11.9. The van der Waals surface area contributed by atoms with Gasteiger partial charge in [0.25, 0.3) is 5.91 Å². The first-order valence-electron chi connectivity index (χ1n) is 12.0. The molecule has 0 saturated carbocycles. The summed E-state index contributed by atoms with van der Waals surface area (Å²) in [7, 11) is 0. The second-order valence-corrected chi connectivity index (χ2v) is 9.74. The van der Waals surface area contributed by atoms with Crippen molar-refractivity contribution in [3.05, 3.63) is 64.2 Å².